The Bertz CT molecular complexity index is 655. The number of rotatable bonds is 5. The predicted molar refractivity (Wildman–Crippen MR) is 75.1 cm³/mol. The van der Waals surface area contributed by atoms with Crippen molar-refractivity contribution in [2.45, 2.75) is 36.7 Å². The molecule has 2 aromatic heterocycles. The van der Waals surface area contributed by atoms with Crippen molar-refractivity contribution >= 4 is 23.4 Å². The Morgan fingerprint density at radius 1 is 1.50 bits per heavy atom. The number of aromatic nitrogens is 5. The summed E-state index contributed by atoms with van der Waals surface area (Å²) in [4.78, 5) is 20.0. The number of halogens is 1. The lowest BCUT2D eigenvalue weighted by atomic mass is 10.4. The van der Waals surface area contributed by atoms with E-state index in [4.69, 9.17) is 16.3 Å². The maximum atomic E-state index is 11.7. The van der Waals surface area contributed by atoms with E-state index in [2.05, 4.69) is 20.2 Å². The molecule has 2 aromatic rings. The molecule has 0 amide bonds. The summed E-state index contributed by atoms with van der Waals surface area (Å²) >= 11 is 7.19. The van der Waals surface area contributed by atoms with Crippen LogP contribution in [0, 0.1) is 0 Å². The zero-order valence-corrected chi connectivity index (χ0v) is 12.8. The predicted octanol–water partition coefficient (Wildman–Crippen LogP) is 1.89. The van der Waals surface area contributed by atoms with Crippen LogP contribution in [0.25, 0.3) is 0 Å². The van der Waals surface area contributed by atoms with Gasteiger partial charge in [0.1, 0.15) is 16.8 Å². The zero-order valence-electron chi connectivity index (χ0n) is 11.3. The SMILES string of the molecule is COCc1nc(Cl)cc(Sc2n[nH]c(=O)n2C(C)C)n1. The Morgan fingerprint density at radius 3 is 2.90 bits per heavy atom. The molecule has 0 bridgehead atoms. The molecule has 0 aliphatic carbocycles. The fourth-order valence-electron chi connectivity index (χ4n) is 1.60. The second-order valence-electron chi connectivity index (χ2n) is 4.26. The zero-order chi connectivity index (χ0) is 14.7. The summed E-state index contributed by atoms with van der Waals surface area (Å²) in [5.41, 5.74) is -0.250. The highest BCUT2D eigenvalue weighted by atomic mass is 35.5. The summed E-state index contributed by atoms with van der Waals surface area (Å²) in [5, 5.41) is 7.88. The van der Waals surface area contributed by atoms with Gasteiger partial charge < -0.3 is 4.74 Å². The van der Waals surface area contributed by atoms with Crippen LogP contribution in [0.1, 0.15) is 25.7 Å². The molecule has 0 saturated carbocycles. The van der Waals surface area contributed by atoms with Crippen LogP contribution in [-0.2, 0) is 11.3 Å². The second-order valence-corrected chi connectivity index (χ2v) is 5.63. The maximum Gasteiger partial charge on any atom is 0.344 e. The lowest BCUT2D eigenvalue weighted by Gasteiger charge is -2.08. The van der Waals surface area contributed by atoms with Gasteiger partial charge in [-0.1, -0.05) is 11.6 Å². The van der Waals surface area contributed by atoms with Crippen LogP contribution in [0.4, 0.5) is 0 Å². The van der Waals surface area contributed by atoms with Gasteiger partial charge in [0.25, 0.3) is 0 Å². The molecule has 2 heterocycles. The quantitative estimate of drug-likeness (QED) is 0.848. The molecule has 2 rings (SSSR count). The molecule has 0 saturated heterocycles. The first kappa shape index (κ1) is 15.0. The van der Waals surface area contributed by atoms with E-state index in [9.17, 15) is 4.79 Å². The van der Waals surface area contributed by atoms with E-state index in [1.54, 1.807) is 17.7 Å². The minimum atomic E-state index is -0.250. The molecule has 108 valence electrons. The van der Waals surface area contributed by atoms with Gasteiger partial charge in [0.15, 0.2) is 11.0 Å². The van der Waals surface area contributed by atoms with Gasteiger partial charge in [-0.3, -0.25) is 4.57 Å². The normalized spacial score (nSPS) is 11.2. The van der Waals surface area contributed by atoms with Crippen molar-refractivity contribution < 1.29 is 4.74 Å². The molecule has 0 aliphatic rings. The molecule has 20 heavy (non-hydrogen) atoms. The Hall–Kier alpha value is -1.38. The largest absolute Gasteiger partial charge is 0.377 e. The van der Waals surface area contributed by atoms with Gasteiger partial charge in [0.05, 0.1) is 0 Å². The van der Waals surface area contributed by atoms with E-state index in [1.165, 1.54) is 11.8 Å². The summed E-state index contributed by atoms with van der Waals surface area (Å²) in [6, 6.07) is 1.62. The first-order chi connectivity index (χ1) is 9.51. The topological polar surface area (TPSA) is 85.7 Å². The first-order valence-electron chi connectivity index (χ1n) is 5.88. The Labute approximate surface area is 124 Å². The van der Waals surface area contributed by atoms with Gasteiger partial charge in [-0.15, -0.1) is 5.10 Å². The minimum absolute atomic E-state index is 0.000459. The number of ether oxygens (including phenoxy) is 1. The van der Waals surface area contributed by atoms with Crippen LogP contribution in [0.3, 0.4) is 0 Å². The molecular formula is C11H14ClN5O2S. The smallest absolute Gasteiger partial charge is 0.344 e. The number of hydrogen-bond acceptors (Lipinski definition) is 6. The highest BCUT2D eigenvalue weighted by Crippen LogP contribution is 2.26. The number of H-pyrrole nitrogens is 1. The number of nitrogens with zero attached hydrogens (tertiary/aromatic N) is 4. The molecule has 7 nitrogen and oxygen atoms in total. The van der Waals surface area contributed by atoms with Gasteiger partial charge in [0.2, 0.25) is 0 Å². The third kappa shape index (κ3) is 3.38. The van der Waals surface area contributed by atoms with Crippen molar-refractivity contribution in [1.29, 1.82) is 0 Å². The highest BCUT2D eigenvalue weighted by molar-refractivity contribution is 7.99. The lowest BCUT2D eigenvalue weighted by molar-refractivity contribution is 0.177. The summed E-state index contributed by atoms with van der Waals surface area (Å²) < 4.78 is 6.54. The van der Waals surface area contributed by atoms with Gasteiger partial charge >= 0.3 is 5.69 Å². The maximum absolute atomic E-state index is 11.7. The molecule has 9 heteroatoms. The molecule has 0 aromatic carbocycles. The van der Waals surface area contributed by atoms with E-state index in [0.717, 1.165) is 0 Å². The fourth-order valence-corrected chi connectivity index (χ4v) is 2.86. The van der Waals surface area contributed by atoms with Crippen molar-refractivity contribution in [3.8, 4) is 0 Å². The summed E-state index contributed by atoms with van der Waals surface area (Å²) in [6.45, 7) is 4.08. The molecule has 0 spiro atoms. The van der Waals surface area contributed by atoms with Crippen LogP contribution < -0.4 is 5.69 Å². The van der Waals surface area contributed by atoms with Crippen molar-refractivity contribution in [2.24, 2.45) is 0 Å². The van der Waals surface area contributed by atoms with Crippen LogP contribution in [0.5, 0.6) is 0 Å². The molecule has 0 unspecified atom stereocenters. The van der Waals surface area contributed by atoms with Gasteiger partial charge in [0, 0.05) is 19.2 Å². The summed E-state index contributed by atoms with van der Waals surface area (Å²) in [6.07, 6.45) is 0. The third-order valence-corrected chi connectivity index (χ3v) is 3.46. The Morgan fingerprint density at radius 2 is 2.25 bits per heavy atom. The van der Waals surface area contributed by atoms with Gasteiger partial charge in [-0.25, -0.2) is 19.9 Å². The first-order valence-corrected chi connectivity index (χ1v) is 7.08. The van der Waals surface area contributed by atoms with Gasteiger partial charge in [-0.05, 0) is 25.6 Å². The van der Waals surface area contributed by atoms with E-state index in [0.29, 0.717) is 21.2 Å². The molecule has 0 fully saturated rings. The fraction of sp³-hybridized carbons (Fsp3) is 0.455. The van der Waals surface area contributed by atoms with Crippen LogP contribution in [-0.4, -0.2) is 31.8 Å². The molecule has 0 atom stereocenters. The van der Waals surface area contributed by atoms with Crippen LogP contribution >= 0.6 is 23.4 Å². The Balaban J connectivity index is 2.32. The average Bonchev–Trinajstić information content (AvgIpc) is 2.70. The summed E-state index contributed by atoms with van der Waals surface area (Å²) in [7, 11) is 1.56. The Kier molecular flexibility index (Phi) is 4.79. The third-order valence-electron chi connectivity index (χ3n) is 2.38. The van der Waals surface area contributed by atoms with Crippen molar-refractivity contribution in [2.75, 3.05) is 7.11 Å². The number of aromatic amines is 1. The van der Waals surface area contributed by atoms with Crippen LogP contribution in [0.15, 0.2) is 21.0 Å². The standard InChI is InChI=1S/C11H14ClN5O2S/c1-6(2)17-10(18)15-16-11(17)20-9-4-7(12)13-8(14-9)5-19-3/h4,6H,5H2,1-3H3,(H,15,18). The number of methoxy groups -OCH3 is 1. The van der Waals surface area contributed by atoms with Crippen molar-refractivity contribution in [1.82, 2.24) is 24.7 Å². The number of hydrogen-bond donors (Lipinski definition) is 1. The van der Waals surface area contributed by atoms with Crippen molar-refractivity contribution in [3.63, 3.8) is 0 Å². The molecule has 0 aliphatic heterocycles. The van der Waals surface area contributed by atoms with E-state index >= 15 is 0 Å². The van der Waals surface area contributed by atoms with E-state index in [-0.39, 0.29) is 18.3 Å². The van der Waals surface area contributed by atoms with Crippen molar-refractivity contribution in [3.05, 3.63) is 27.5 Å². The number of nitrogens with one attached hydrogen (secondary N) is 1. The lowest BCUT2D eigenvalue weighted by Crippen LogP contribution is -2.19. The summed E-state index contributed by atoms with van der Waals surface area (Å²) in [5.74, 6) is 0.483. The molecule has 0 radical (unpaired) electrons. The van der Waals surface area contributed by atoms with E-state index < -0.39 is 0 Å². The average molecular weight is 316 g/mol. The van der Waals surface area contributed by atoms with Crippen LogP contribution in [0.2, 0.25) is 5.15 Å². The molecular weight excluding hydrogens is 302 g/mol. The minimum Gasteiger partial charge on any atom is -0.377 e. The second kappa shape index (κ2) is 6.38. The van der Waals surface area contributed by atoms with E-state index in [1.807, 2.05) is 13.8 Å². The highest BCUT2D eigenvalue weighted by Gasteiger charge is 2.14. The molecule has 1 N–H and O–H groups in total. The monoisotopic (exact) mass is 315 g/mol. The van der Waals surface area contributed by atoms with Gasteiger partial charge in [-0.2, -0.15) is 0 Å².